The van der Waals surface area contributed by atoms with E-state index in [1.165, 1.54) is 11.1 Å². The van der Waals surface area contributed by atoms with Gasteiger partial charge in [-0.2, -0.15) is 0 Å². The Labute approximate surface area is 200 Å². The van der Waals surface area contributed by atoms with Gasteiger partial charge in [-0.3, -0.25) is 9.59 Å². The Kier molecular flexibility index (Phi) is 7.97. The molecule has 0 saturated heterocycles. The van der Waals surface area contributed by atoms with E-state index >= 15 is 0 Å². The first-order valence-corrected chi connectivity index (χ1v) is 11.7. The third-order valence-electron chi connectivity index (χ3n) is 6.49. The van der Waals surface area contributed by atoms with Crippen molar-refractivity contribution in [3.8, 4) is 11.1 Å². The predicted octanol–water partition coefficient (Wildman–Crippen LogP) is 4.56. The van der Waals surface area contributed by atoms with E-state index in [4.69, 9.17) is 9.84 Å². The van der Waals surface area contributed by atoms with Crippen LogP contribution in [0.1, 0.15) is 57.6 Å². The Morgan fingerprint density at radius 2 is 1.56 bits per heavy atom. The maximum absolute atomic E-state index is 12.7. The van der Waals surface area contributed by atoms with E-state index in [1.54, 1.807) is 13.8 Å². The van der Waals surface area contributed by atoms with Crippen LogP contribution < -0.4 is 10.6 Å². The standard InChI is InChI=1S/C27H34N2O5/c1-17(2)23(15-24(30)31)29-25(32)27(3,4)13-14-28-26(33)34-16-22-20-11-7-5-9-18(20)19-10-6-8-12-21(19)22/h5-12,17,22-23H,13-16H2,1-4H3,(H,28,33)(H,29,32)(H,30,31)/t23-/m1/s1. The van der Waals surface area contributed by atoms with Gasteiger partial charge in [0.25, 0.3) is 0 Å². The molecule has 0 heterocycles. The Bertz CT molecular complexity index is 1000. The largest absolute Gasteiger partial charge is 0.481 e. The molecular weight excluding hydrogens is 432 g/mol. The molecule has 0 aliphatic heterocycles. The predicted molar refractivity (Wildman–Crippen MR) is 130 cm³/mol. The second kappa shape index (κ2) is 10.7. The highest BCUT2D eigenvalue weighted by atomic mass is 16.5. The summed E-state index contributed by atoms with van der Waals surface area (Å²) in [5.74, 6) is -1.20. The van der Waals surface area contributed by atoms with Gasteiger partial charge in [-0.1, -0.05) is 76.2 Å². The van der Waals surface area contributed by atoms with Gasteiger partial charge in [-0.25, -0.2) is 4.79 Å². The summed E-state index contributed by atoms with van der Waals surface area (Å²) in [7, 11) is 0. The first kappa shape index (κ1) is 25.3. The summed E-state index contributed by atoms with van der Waals surface area (Å²) >= 11 is 0. The zero-order valence-electron chi connectivity index (χ0n) is 20.3. The molecule has 2 aromatic rings. The van der Waals surface area contributed by atoms with Crippen LogP contribution in [0.25, 0.3) is 11.1 Å². The van der Waals surface area contributed by atoms with Crippen molar-refractivity contribution in [3.05, 3.63) is 59.7 Å². The Hall–Kier alpha value is -3.35. The number of rotatable bonds is 10. The van der Waals surface area contributed by atoms with Gasteiger partial charge in [0.2, 0.25) is 5.91 Å². The van der Waals surface area contributed by atoms with Crippen LogP contribution in [-0.4, -0.2) is 42.3 Å². The number of carbonyl (C=O) groups is 3. The van der Waals surface area contributed by atoms with Crippen molar-refractivity contribution in [1.29, 1.82) is 0 Å². The lowest BCUT2D eigenvalue weighted by molar-refractivity contribution is -0.138. The summed E-state index contributed by atoms with van der Waals surface area (Å²) in [6, 6.07) is 15.9. The fourth-order valence-electron chi connectivity index (χ4n) is 4.25. The maximum atomic E-state index is 12.7. The molecule has 0 radical (unpaired) electrons. The first-order valence-electron chi connectivity index (χ1n) is 11.7. The van der Waals surface area contributed by atoms with Gasteiger partial charge in [-0.05, 0) is 34.6 Å². The lowest BCUT2D eigenvalue weighted by atomic mass is 9.87. The molecule has 2 aromatic carbocycles. The van der Waals surface area contributed by atoms with Gasteiger partial charge in [-0.15, -0.1) is 0 Å². The van der Waals surface area contributed by atoms with Crippen molar-refractivity contribution in [2.75, 3.05) is 13.2 Å². The van der Waals surface area contributed by atoms with Crippen LogP contribution in [0.15, 0.2) is 48.5 Å². The highest BCUT2D eigenvalue weighted by molar-refractivity contribution is 5.83. The molecule has 3 rings (SSSR count). The molecule has 0 unspecified atom stereocenters. The molecule has 1 aliphatic carbocycles. The molecule has 0 spiro atoms. The number of ether oxygens (including phenoxy) is 1. The monoisotopic (exact) mass is 466 g/mol. The van der Waals surface area contributed by atoms with Crippen LogP contribution in [0.3, 0.4) is 0 Å². The molecule has 1 aliphatic rings. The average Bonchev–Trinajstić information content (AvgIpc) is 3.10. The van der Waals surface area contributed by atoms with Gasteiger partial charge in [0.15, 0.2) is 0 Å². The number of aliphatic carboxylic acids is 1. The summed E-state index contributed by atoms with van der Waals surface area (Å²) < 4.78 is 5.54. The van der Waals surface area contributed by atoms with E-state index in [1.807, 2.05) is 38.1 Å². The van der Waals surface area contributed by atoms with E-state index in [-0.39, 0.29) is 37.3 Å². The average molecular weight is 467 g/mol. The summed E-state index contributed by atoms with van der Waals surface area (Å²) in [5, 5.41) is 14.7. The molecular formula is C27H34N2O5. The van der Waals surface area contributed by atoms with Crippen molar-refractivity contribution < 1.29 is 24.2 Å². The minimum Gasteiger partial charge on any atom is -0.481 e. The number of carboxylic acids is 1. The van der Waals surface area contributed by atoms with Crippen LogP contribution in [0.4, 0.5) is 4.79 Å². The molecule has 3 N–H and O–H groups in total. The Balaban J connectivity index is 1.50. The Morgan fingerprint density at radius 3 is 2.09 bits per heavy atom. The molecule has 34 heavy (non-hydrogen) atoms. The third-order valence-corrected chi connectivity index (χ3v) is 6.49. The minimum absolute atomic E-state index is 0.00481. The number of alkyl carbamates (subject to hydrolysis) is 1. The van der Waals surface area contributed by atoms with Crippen molar-refractivity contribution in [3.63, 3.8) is 0 Å². The maximum Gasteiger partial charge on any atom is 0.407 e. The van der Waals surface area contributed by atoms with E-state index in [0.717, 1.165) is 11.1 Å². The van der Waals surface area contributed by atoms with Gasteiger partial charge < -0.3 is 20.5 Å². The first-order chi connectivity index (χ1) is 16.1. The lowest BCUT2D eigenvalue weighted by Crippen LogP contribution is -2.47. The number of benzene rings is 2. The van der Waals surface area contributed by atoms with Gasteiger partial charge in [0, 0.05) is 23.9 Å². The number of carbonyl (C=O) groups excluding carboxylic acids is 2. The summed E-state index contributed by atoms with van der Waals surface area (Å²) in [6.45, 7) is 7.80. The second-order valence-electron chi connectivity index (χ2n) is 9.81. The van der Waals surface area contributed by atoms with Crippen LogP contribution in [0.5, 0.6) is 0 Å². The van der Waals surface area contributed by atoms with Gasteiger partial charge in [0.05, 0.1) is 6.42 Å². The quantitative estimate of drug-likeness (QED) is 0.476. The van der Waals surface area contributed by atoms with E-state index in [0.29, 0.717) is 6.42 Å². The highest BCUT2D eigenvalue weighted by Gasteiger charge is 2.31. The molecule has 7 nitrogen and oxygen atoms in total. The SMILES string of the molecule is CC(C)[C@@H](CC(=O)O)NC(=O)C(C)(C)CCNC(=O)OCC1c2ccccc2-c2ccccc21. The van der Waals surface area contributed by atoms with Crippen LogP contribution in [0, 0.1) is 11.3 Å². The van der Waals surface area contributed by atoms with Gasteiger partial charge in [0.1, 0.15) is 6.61 Å². The number of hydrogen-bond donors (Lipinski definition) is 3. The molecule has 1 atom stereocenters. The molecule has 0 fully saturated rings. The van der Waals surface area contributed by atoms with E-state index in [2.05, 4.69) is 34.9 Å². The molecule has 7 heteroatoms. The number of nitrogens with one attached hydrogen (secondary N) is 2. The normalized spacial score (nSPS) is 13.7. The van der Waals surface area contributed by atoms with E-state index < -0.39 is 23.5 Å². The van der Waals surface area contributed by atoms with Crippen molar-refractivity contribution in [2.45, 2.75) is 52.5 Å². The summed E-state index contributed by atoms with van der Waals surface area (Å²) in [5.41, 5.74) is 3.86. The van der Waals surface area contributed by atoms with Crippen LogP contribution in [-0.2, 0) is 14.3 Å². The van der Waals surface area contributed by atoms with Crippen molar-refractivity contribution in [2.24, 2.45) is 11.3 Å². The highest BCUT2D eigenvalue weighted by Crippen LogP contribution is 2.44. The smallest absolute Gasteiger partial charge is 0.407 e. The van der Waals surface area contributed by atoms with Crippen molar-refractivity contribution in [1.82, 2.24) is 10.6 Å². The zero-order chi connectivity index (χ0) is 24.9. The van der Waals surface area contributed by atoms with E-state index in [9.17, 15) is 14.4 Å². The zero-order valence-corrected chi connectivity index (χ0v) is 20.3. The summed E-state index contributed by atoms with van der Waals surface area (Å²) in [4.78, 5) is 36.2. The molecule has 182 valence electrons. The number of fused-ring (bicyclic) bond motifs is 3. The fraction of sp³-hybridized carbons (Fsp3) is 0.444. The molecule has 2 amide bonds. The van der Waals surface area contributed by atoms with Gasteiger partial charge >= 0.3 is 12.1 Å². The number of carboxylic acid groups (broad SMARTS) is 1. The molecule has 0 saturated carbocycles. The third kappa shape index (κ3) is 5.95. The Morgan fingerprint density at radius 1 is 1.00 bits per heavy atom. The molecule has 0 aromatic heterocycles. The lowest BCUT2D eigenvalue weighted by Gasteiger charge is -2.28. The van der Waals surface area contributed by atoms with Crippen LogP contribution in [0.2, 0.25) is 0 Å². The number of hydrogen-bond acceptors (Lipinski definition) is 4. The van der Waals surface area contributed by atoms with Crippen LogP contribution >= 0.6 is 0 Å². The molecule has 0 bridgehead atoms. The summed E-state index contributed by atoms with van der Waals surface area (Å²) in [6.07, 6.45) is -0.262. The minimum atomic E-state index is -0.950. The van der Waals surface area contributed by atoms with Crippen molar-refractivity contribution >= 4 is 18.0 Å². The fourth-order valence-corrected chi connectivity index (χ4v) is 4.25. The number of amides is 2. The second-order valence-corrected chi connectivity index (χ2v) is 9.81. The topological polar surface area (TPSA) is 105 Å².